The number of aromatic nitrogens is 3. The van der Waals surface area contributed by atoms with Crippen LogP contribution in [0.1, 0.15) is 11.3 Å². The monoisotopic (exact) mass is 262 g/mol. The molecule has 0 radical (unpaired) electrons. The Balaban J connectivity index is 2.37. The van der Waals surface area contributed by atoms with E-state index in [0.29, 0.717) is 5.69 Å². The van der Waals surface area contributed by atoms with Crippen LogP contribution in [0.15, 0.2) is 40.1 Å². The number of nitrogens with zero attached hydrogens (tertiary/aromatic N) is 2. The van der Waals surface area contributed by atoms with E-state index < -0.39 is 0 Å². The fourth-order valence-corrected chi connectivity index (χ4v) is 1.58. The molecular formula is C11H10N4O2S. The molecule has 0 unspecified atom stereocenters. The van der Waals surface area contributed by atoms with Crippen molar-refractivity contribution in [1.82, 2.24) is 14.8 Å². The summed E-state index contributed by atoms with van der Waals surface area (Å²) in [7, 11) is 0. The van der Waals surface area contributed by atoms with Crippen LogP contribution in [-0.2, 0) is 6.54 Å². The summed E-state index contributed by atoms with van der Waals surface area (Å²) in [6.45, 7) is 0.229. The Morgan fingerprint density at radius 3 is 2.89 bits per heavy atom. The molecule has 0 amide bonds. The lowest BCUT2D eigenvalue weighted by atomic mass is 10.2. The van der Waals surface area contributed by atoms with Crippen molar-refractivity contribution in [1.29, 1.82) is 0 Å². The minimum Gasteiger partial charge on any atom is -0.388 e. The zero-order chi connectivity index (χ0) is 13.1. The first-order valence-electron chi connectivity index (χ1n) is 5.11. The van der Waals surface area contributed by atoms with E-state index in [0.717, 1.165) is 5.56 Å². The summed E-state index contributed by atoms with van der Waals surface area (Å²) < 4.78 is 1.21. The third kappa shape index (κ3) is 2.69. The van der Waals surface area contributed by atoms with Crippen LogP contribution in [0.2, 0.25) is 0 Å². The highest BCUT2D eigenvalue weighted by molar-refractivity contribution is 7.80. The lowest BCUT2D eigenvalue weighted by molar-refractivity contribution is 0.627. The second-order valence-corrected chi connectivity index (χ2v) is 4.09. The molecule has 2 aromatic rings. The smallest absolute Gasteiger partial charge is 0.265 e. The van der Waals surface area contributed by atoms with Crippen LogP contribution < -0.4 is 16.9 Å². The van der Waals surface area contributed by atoms with Gasteiger partial charge in [-0.25, -0.2) is 4.68 Å². The van der Waals surface area contributed by atoms with Crippen molar-refractivity contribution in [2.75, 3.05) is 0 Å². The first-order chi connectivity index (χ1) is 8.56. The molecule has 6 nitrogen and oxygen atoms in total. The molecule has 0 saturated carbocycles. The molecular weight excluding hydrogens is 252 g/mol. The summed E-state index contributed by atoms with van der Waals surface area (Å²) in [6, 6.07) is 5.81. The Morgan fingerprint density at radius 2 is 2.17 bits per heavy atom. The molecule has 0 aliphatic rings. The Morgan fingerprint density at radius 1 is 1.39 bits per heavy atom. The molecule has 18 heavy (non-hydrogen) atoms. The number of pyridine rings is 1. The summed E-state index contributed by atoms with van der Waals surface area (Å²) in [5.74, 6) is 0. The zero-order valence-electron chi connectivity index (χ0n) is 9.29. The number of nitrogens with one attached hydrogen (secondary N) is 1. The van der Waals surface area contributed by atoms with Crippen LogP contribution in [0.3, 0.4) is 0 Å². The number of thiocarbonyl (C=S) groups is 1. The highest BCUT2D eigenvalue weighted by atomic mass is 32.1. The molecule has 92 valence electrons. The van der Waals surface area contributed by atoms with Crippen molar-refractivity contribution in [2.24, 2.45) is 5.73 Å². The largest absolute Gasteiger partial charge is 0.388 e. The number of H-pyrrole nitrogens is 1. The van der Waals surface area contributed by atoms with Gasteiger partial charge in [-0.2, -0.15) is 0 Å². The maximum Gasteiger partial charge on any atom is 0.265 e. The second kappa shape index (κ2) is 4.92. The first kappa shape index (κ1) is 12.2. The fraction of sp³-hybridized carbons (Fsp3) is 0.0909. The number of aromatic amines is 1. The number of hydrogen-bond donors (Lipinski definition) is 2. The van der Waals surface area contributed by atoms with Crippen LogP contribution in [-0.4, -0.2) is 19.8 Å². The summed E-state index contributed by atoms with van der Waals surface area (Å²) in [6.07, 6.45) is 1.55. The molecule has 0 aliphatic carbocycles. The molecule has 3 N–H and O–H groups in total. The van der Waals surface area contributed by atoms with E-state index in [9.17, 15) is 9.59 Å². The van der Waals surface area contributed by atoms with Crippen LogP contribution in [0.25, 0.3) is 0 Å². The lowest BCUT2D eigenvalue weighted by Gasteiger charge is -2.06. The molecule has 7 heteroatoms. The third-order valence-electron chi connectivity index (χ3n) is 2.31. The maximum atomic E-state index is 11.5. The van der Waals surface area contributed by atoms with Crippen LogP contribution in [0, 0.1) is 0 Å². The Labute approximate surface area is 107 Å². The minimum atomic E-state index is -0.335. The van der Waals surface area contributed by atoms with E-state index >= 15 is 0 Å². The van der Waals surface area contributed by atoms with Gasteiger partial charge in [-0.15, -0.1) is 0 Å². The van der Waals surface area contributed by atoms with E-state index in [-0.39, 0.29) is 22.7 Å². The predicted molar refractivity (Wildman–Crippen MR) is 70.5 cm³/mol. The SMILES string of the molecule is NC(=S)c1cc(Cn2[nH]c(=O)ccc2=O)ccn1. The van der Waals surface area contributed by atoms with Crippen molar-refractivity contribution < 1.29 is 0 Å². The number of rotatable bonds is 3. The molecule has 0 aliphatic heterocycles. The molecule has 2 heterocycles. The van der Waals surface area contributed by atoms with Gasteiger partial charge in [0.1, 0.15) is 4.99 Å². The number of hydrogen-bond acceptors (Lipinski definition) is 4. The van der Waals surface area contributed by atoms with Gasteiger partial charge < -0.3 is 5.73 Å². The maximum absolute atomic E-state index is 11.5. The summed E-state index contributed by atoms with van der Waals surface area (Å²) in [5, 5.41) is 2.44. The first-order valence-corrected chi connectivity index (χ1v) is 5.52. The summed E-state index contributed by atoms with van der Waals surface area (Å²) in [4.78, 5) is 26.8. The van der Waals surface area contributed by atoms with Gasteiger partial charge in [0.25, 0.3) is 11.1 Å². The highest BCUT2D eigenvalue weighted by Crippen LogP contribution is 2.02. The quantitative estimate of drug-likeness (QED) is 0.735. The van der Waals surface area contributed by atoms with E-state index in [4.69, 9.17) is 18.0 Å². The van der Waals surface area contributed by atoms with Gasteiger partial charge in [0.2, 0.25) is 0 Å². The van der Waals surface area contributed by atoms with E-state index in [1.165, 1.54) is 16.8 Å². The van der Waals surface area contributed by atoms with Crippen molar-refractivity contribution in [3.05, 3.63) is 62.4 Å². The van der Waals surface area contributed by atoms with E-state index in [1.807, 2.05) is 0 Å². The van der Waals surface area contributed by atoms with E-state index in [1.54, 1.807) is 18.3 Å². The Hall–Kier alpha value is -2.28. The molecule has 0 bridgehead atoms. The molecule has 0 atom stereocenters. The minimum absolute atomic E-state index is 0.186. The predicted octanol–water partition coefficient (Wildman–Crippen LogP) is -0.386. The molecule has 2 rings (SSSR count). The fourth-order valence-electron chi connectivity index (χ4n) is 1.47. The van der Waals surface area contributed by atoms with Crippen LogP contribution in [0.4, 0.5) is 0 Å². The average Bonchev–Trinajstić information content (AvgIpc) is 2.34. The third-order valence-corrected chi connectivity index (χ3v) is 2.52. The highest BCUT2D eigenvalue weighted by Gasteiger charge is 2.02. The summed E-state index contributed by atoms with van der Waals surface area (Å²) >= 11 is 4.82. The second-order valence-electron chi connectivity index (χ2n) is 3.65. The van der Waals surface area contributed by atoms with Crippen molar-refractivity contribution in [2.45, 2.75) is 6.54 Å². The normalized spacial score (nSPS) is 10.2. The number of nitrogens with two attached hydrogens (primary N) is 1. The topological polar surface area (TPSA) is 93.8 Å². The standard InChI is InChI=1S/C11H10N4O2S/c12-11(18)8-5-7(3-4-13-8)6-15-10(17)2-1-9(16)14-15/h1-5H,6H2,(H2,12,18)(H,14,16). The van der Waals surface area contributed by atoms with Crippen LogP contribution in [0.5, 0.6) is 0 Å². The molecule has 0 saturated heterocycles. The lowest BCUT2D eigenvalue weighted by Crippen LogP contribution is -2.28. The van der Waals surface area contributed by atoms with Crippen molar-refractivity contribution in [3.63, 3.8) is 0 Å². The van der Waals surface area contributed by atoms with Crippen molar-refractivity contribution in [3.8, 4) is 0 Å². The van der Waals surface area contributed by atoms with Gasteiger partial charge in [-0.3, -0.25) is 19.7 Å². The summed E-state index contributed by atoms with van der Waals surface area (Å²) in [5.41, 5.74) is 6.10. The van der Waals surface area contributed by atoms with Gasteiger partial charge in [-0.1, -0.05) is 12.2 Å². The van der Waals surface area contributed by atoms with Gasteiger partial charge >= 0.3 is 0 Å². The zero-order valence-corrected chi connectivity index (χ0v) is 10.1. The van der Waals surface area contributed by atoms with Gasteiger partial charge in [0.15, 0.2) is 0 Å². The van der Waals surface area contributed by atoms with Gasteiger partial charge in [-0.05, 0) is 17.7 Å². The molecule has 0 spiro atoms. The van der Waals surface area contributed by atoms with Crippen molar-refractivity contribution >= 4 is 17.2 Å². The van der Waals surface area contributed by atoms with Gasteiger partial charge in [0, 0.05) is 18.3 Å². The molecule has 0 aromatic carbocycles. The van der Waals surface area contributed by atoms with Crippen LogP contribution >= 0.6 is 12.2 Å². The Kier molecular flexibility index (Phi) is 3.33. The molecule has 2 aromatic heterocycles. The Bertz CT molecular complexity index is 704. The molecule has 0 fully saturated rings. The van der Waals surface area contributed by atoms with E-state index in [2.05, 4.69) is 10.1 Å². The average molecular weight is 262 g/mol. The van der Waals surface area contributed by atoms with Gasteiger partial charge in [0.05, 0.1) is 12.2 Å².